The van der Waals surface area contributed by atoms with Crippen LogP contribution in [-0.2, 0) is 0 Å². The highest BCUT2D eigenvalue weighted by molar-refractivity contribution is 14.1. The van der Waals surface area contributed by atoms with Gasteiger partial charge in [-0.25, -0.2) is 0 Å². The molecule has 3 unspecified atom stereocenters. The molecule has 2 rings (SSSR count). The number of amides is 1. The minimum absolute atomic E-state index is 0.0504. The summed E-state index contributed by atoms with van der Waals surface area (Å²) in [6.45, 7) is 4.44. The van der Waals surface area contributed by atoms with Crippen molar-refractivity contribution in [2.24, 2.45) is 11.8 Å². The van der Waals surface area contributed by atoms with Gasteiger partial charge in [0.25, 0.3) is 5.91 Å². The van der Waals surface area contributed by atoms with Gasteiger partial charge in [-0.3, -0.25) is 4.79 Å². The summed E-state index contributed by atoms with van der Waals surface area (Å²) in [5.41, 5.74) is 0.373. The minimum atomic E-state index is -0.165. The summed E-state index contributed by atoms with van der Waals surface area (Å²) in [4.78, 5) is 12.3. The van der Waals surface area contributed by atoms with E-state index in [1.807, 2.05) is 0 Å². The zero-order chi connectivity index (χ0) is 14.0. The lowest BCUT2D eigenvalue weighted by Crippen LogP contribution is -2.43. The molecule has 3 nitrogen and oxygen atoms in total. The molecule has 0 saturated heterocycles. The summed E-state index contributed by atoms with van der Waals surface area (Å²) in [7, 11) is 0. The number of aromatic hydroxyl groups is 1. The molecule has 1 aliphatic rings. The van der Waals surface area contributed by atoms with E-state index in [-0.39, 0.29) is 17.7 Å². The van der Waals surface area contributed by atoms with Crippen LogP contribution in [0.15, 0.2) is 18.2 Å². The summed E-state index contributed by atoms with van der Waals surface area (Å²) >= 11 is 2.14. The number of benzene rings is 1. The van der Waals surface area contributed by atoms with E-state index in [0.29, 0.717) is 17.4 Å². The number of carbonyl (C=O) groups is 1. The van der Waals surface area contributed by atoms with Gasteiger partial charge in [-0.2, -0.15) is 0 Å². The molecule has 0 aliphatic heterocycles. The fourth-order valence-electron chi connectivity index (χ4n) is 2.72. The van der Waals surface area contributed by atoms with Gasteiger partial charge in [-0.15, -0.1) is 0 Å². The third-order valence-electron chi connectivity index (χ3n) is 4.23. The van der Waals surface area contributed by atoms with Gasteiger partial charge < -0.3 is 10.4 Å². The van der Waals surface area contributed by atoms with E-state index >= 15 is 0 Å². The number of rotatable bonds is 2. The molecule has 0 aromatic heterocycles. The molecule has 1 amide bonds. The van der Waals surface area contributed by atoms with Crippen molar-refractivity contribution < 1.29 is 9.90 Å². The normalized spacial score (nSPS) is 27.0. The van der Waals surface area contributed by atoms with Crippen LogP contribution in [0.5, 0.6) is 5.75 Å². The molecule has 104 valence electrons. The Morgan fingerprint density at radius 2 is 2.11 bits per heavy atom. The zero-order valence-electron chi connectivity index (χ0n) is 11.3. The van der Waals surface area contributed by atoms with Crippen LogP contribution in [0.3, 0.4) is 0 Å². The van der Waals surface area contributed by atoms with E-state index in [1.165, 1.54) is 6.42 Å². The predicted octanol–water partition coefficient (Wildman–Crippen LogP) is 3.55. The first-order valence-electron chi connectivity index (χ1n) is 6.78. The van der Waals surface area contributed by atoms with Gasteiger partial charge in [-0.05, 0) is 59.0 Å². The number of hydrogen-bond acceptors (Lipinski definition) is 2. The second-order valence-corrected chi connectivity index (χ2v) is 6.75. The summed E-state index contributed by atoms with van der Waals surface area (Å²) in [5, 5.41) is 12.9. The molecule has 1 saturated carbocycles. The van der Waals surface area contributed by atoms with Crippen LogP contribution in [0.4, 0.5) is 0 Å². The molecule has 0 spiro atoms. The van der Waals surface area contributed by atoms with Gasteiger partial charge in [0, 0.05) is 9.61 Å². The van der Waals surface area contributed by atoms with Crippen molar-refractivity contribution in [3.8, 4) is 5.75 Å². The van der Waals surface area contributed by atoms with E-state index in [1.54, 1.807) is 18.2 Å². The number of phenols is 1. The maximum atomic E-state index is 12.3. The van der Waals surface area contributed by atoms with Gasteiger partial charge in [0.15, 0.2) is 0 Å². The second-order valence-electron chi connectivity index (χ2n) is 5.51. The SMILES string of the molecule is CC1CCCC(NC(=O)c2cc(I)ccc2O)C1C. The van der Waals surface area contributed by atoms with Gasteiger partial charge in [0.2, 0.25) is 0 Å². The summed E-state index contributed by atoms with van der Waals surface area (Å²) in [5.74, 6) is 1.02. The van der Waals surface area contributed by atoms with Crippen LogP contribution in [0.2, 0.25) is 0 Å². The average molecular weight is 373 g/mol. The van der Waals surface area contributed by atoms with E-state index < -0.39 is 0 Å². The third-order valence-corrected chi connectivity index (χ3v) is 4.90. The van der Waals surface area contributed by atoms with Crippen LogP contribution in [0.25, 0.3) is 0 Å². The van der Waals surface area contributed by atoms with Crippen molar-refractivity contribution in [1.29, 1.82) is 0 Å². The molecular formula is C15H20INO2. The predicted molar refractivity (Wildman–Crippen MR) is 84.3 cm³/mol. The van der Waals surface area contributed by atoms with Crippen molar-refractivity contribution in [2.75, 3.05) is 0 Å². The highest BCUT2D eigenvalue weighted by Gasteiger charge is 2.28. The number of halogens is 1. The maximum Gasteiger partial charge on any atom is 0.255 e. The van der Waals surface area contributed by atoms with Crippen LogP contribution in [0, 0.1) is 15.4 Å². The molecule has 0 heterocycles. The first-order chi connectivity index (χ1) is 8.99. The van der Waals surface area contributed by atoms with E-state index in [9.17, 15) is 9.90 Å². The lowest BCUT2D eigenvalue weighted by Gasteiger charge is -2.34. The van der Waals surface area contributed by atoms with E-state index in [2.05, 4.69) is 41.8 Å². The van der Waals surface area contributed by atoms with Crippen molar-refractivity contribution >= 4 is 28.5 Å². The molecule has 1 aromatic carbocycles. The van der Waals surface area contributed by atoms with Gasteiger partial charge in [-0.1, -0.05) is 26.7 Å². The fraction of sp³-hybridized carbons (Fsp3) is 0.533. The summed E-state index contributed by atoms with van der Waals surface area (Å²) < 4.78 is 0.950. The van der Waals surface area contributed by atoms with Crippen molar-refractivity contribution in [3.63, 3.8) is 0 Å². The topological polar surface area (TPSA) is 49.3 Å². The molecule has 1 aliphatic carbocycles. The zero-order valence-corrected chi connectivity index (χ0v) is 13.5. The lowest BCUT2D eigenvalue weighted by atomic mass is 9.78. The average Bonchev–Trinajstić information content (AvgIpc) is 2.38. The number of phenolic OH excluding ortho intramolecular Hbond substituents is 1. The third kappa shape index (κ3) is 3.41. The van der Waals surface area contributed by atoms with Gasteiger partial charge >= 0.3 is 0 Å². The quantitative estimate of drug-likeness (QED) is 0.779. The molecule has 1 fully saturated rings. The molecule has 3 atom stereocenters. The van der Waals surface area contributed by atoms with Gasteiger partial charge in [0.05, 0.1) is 5.56 Å². The molecule has 0 radical (unpaired) electrons. The molecule has 1 aromatic rings. The molecular weight excluding hydrogens is 353 g/mol. The fourth-order valence-corrected chi connectivity index (χ4v) is 3.21. The highest BCUT2D eigenvalue weighted by Crippen LogP contribution is 2.30. The van der Waals surface area contributed by atoms with E-state index in [0.717, 1.165) is 16.4 Å². The highest BCUT2D eigenvalue weighted by atomic mass is 127. The van der Waals surface area contributed by atoms with Crippen LogP contribution in [-0.4, -0.2) is 17.1 Å². The van der Waals surface area contributed by atoms with Crippen molar-refractivity contribution in [2.45, 2.75) is 39.2 Å². The number of hydrogen-bond donors (Lipinski definition) is 2. The van der Waals surface area contributed by atoms with Crippen LogP contribution in [0.1, 0.15) is 43.5 Å². The van der Waals surface area contributed by atoms with Crippen LogP contribution >= 0.6 is 22.6 Å². The Labute approximate surface area is 127 Å². The summed E-state index contributed by atoms with van der Waals surface area (Å²) in [6.07, 6.45) is 3.43. The Hall–Kier alpha value is -0.780. The van der Waals surface area contributed by atoms with Crippen molar-refractivity contribution in [3.05, 3.63) is 27.3 Å². The number of carbonyl (C=O) groups excluding carboxylic acids is 1. The Morgan fingerprint density at radius 3 is 2.84 bits per heavy atom. The first kappa shape index (κ1) is 14.6. The second kappa shape index (κ2) is 6.11. The van der Waals surface area contributed by atoms with Gasteiger partial charge in [0.1, 0.15) is 5.75 Å². The Kier molecular flexibility index (Phi) is 4.71. The minimum Gasteiger partial charge on any atom is -0.507 e. The lowest BCUT2D eigenvalue weighted by molar-refractivity contribution is 0.0888. The molecule has 4 heteroatoms. The Balaban J connectivity index is 2.10. The Morgan fingerprint density at radius 1 is 1.37 bits per heavy atom. The monoisotopic (exact) mass is 373 g/mol. The standard InChI is InChI=1S/C15H20INO2/c1-9-4-3-5-13(10(9)2)17-15(19)12-8-11(16)6-7-14(12)18/h6-10,13,18H,3-5H2,1-2H3,(H,17,19). The molecule has 2 N–H and O–H groups in total. The number of nitrogens with one attached hydrogen (secondary N) is 1. The maximum absolute atomic E-state index is 12.3. The van der Waals surface area contributed by atoms with Crippen LogP contribution < -0.4 is 5.32 Å². The largest absolute Gasteiger partial charge is 0.507 e. The first-order valence-corrected chi connectivity index (χ1v) is 7.86. The van der Waals surface area contributed by atoms with Crippen molar-refractivity contribution in [1.82, 2.24) is 5.32 Å². The smallest absolute Gasteiger partial charge is 0.255 e. The Bertz CT molecular complexity index is 475. The summed E-state index contributed by atoms with van der Waals surface area (Å²) in [6, 6.07) is 5.30. The molecule has 0 bridgehead atoms. The van der Waals surface area contributed by atoms with E-state index in [4.69, 9.17) is 0 Å². The molecule has 19 heavy (non-hydrogen) atoms.